The highest BCUT2D eigenvalue weighted by atomic mass is 16.5. The number of para-hydroxylation sites is 1. The van der Waals surface area contributed by atoms with E-state index in [-0.39, 0.29) is 11.6 Å². The van der Waals surface area contributed by atoms with E-state index in [1.54, 1.807) is 12.1 Å². The zero-order valence-corrected chi connectivity index (χ0v) is 14.1. The summed E-state index contributed by atoms with van der Waals surface area (Å²) in [7, 11) is 0. The fourth-order valence-electron chi connectivity index (χ4n) is 4.03. The molecule has 0 radical (unpaired) electrons. The highest BCUT2D eigenvalue weighted by molar-refractivity contribution is 5.85. The third-order valence-electron chi connectivity index (χ3n) is 5.16. The Bertz CT molecular complexity index is 826. The van der Waals surface area contributed by atoms with Crippen molar-refractivity contribution < 1.29 is 14.6 Å². The summed E-state index contributed by atoms with van der Waals surface area (Å²) >= 11 is 0. The molecular weight excluding hydrogens is 314 g/mol. The molecule has 2 aromatic carbocycles. The summed E-state index contributed by atoms with van der Waals surface area (Å²) in [5.41, 5.74) is 3.61. The van der Waals surface area contributed by atoms with Crippen molar-refractivity contribution in [1.29, 1.82) is 0 Å². The van der Waals surface area contributed by atoms with Gasteiger partial charge in [0.15, 0.2) is 0 Å². The normalized spacial score (nSPS) is 23.5. The van der Waals surface area contributed by atoms with Gasteiger partial charge in [-0.2, -0.15) is 0 Å². The number of allylic oxidation sites excluding steroid dienone is 2. The second-order valence-corrected chi connectivity index (χ2v) is 6.54. The van der Waals surface area contributed by atoms with Crippen LogP contribution in [0.5, 0.6) is 5.75 Å². The van der Waals surface area contributed by atoms with E-state index in [4.69, 9.17) is 4.74 Å². The van der Waals surface area contributed by atoms with Gasteiger partial charge >= 0.3 is 0 Å². The number of aromatic carboxylic acids is 1. The molecule has 128 valence electrons. The molecule has 4 nitrogen and oxygen atoms in total. The third-order valence-corrected chi connectivity index (χ3v) is 5.16. The molecule has 0 amide bonds. The first-order valence-corrected chi connectivity index (χ1v) is 8.69. The summed E-state index contributed by atoms with van der Waals surface area (Å²) in [4.78, 5) is 11.0. The molecule has 0 fully saturated rings. The van der Waals surface area contributed by atoms with Gasteiger partial charge in [0, 0.05) is 5.92 Å². The lowest BCUT2D eigenvalue weighted by Gasteiger charge is -2.38. The number of carboxylic acid groups (broad SMARTS) is 1. The fraction of sp³-hybridized carbons (Fsp3) is 0.286. The van der Waals surface area contributed by atoms with Crippen LogP contribution < -0.4 is 15.2 Å². The Balaban J connectivity index is 1.74. The van der Waals surface area contributed by atoms with Gasteiger partial charge in [-0.1, -0.05) is 48.6 Å². The third kappa shape index (κ3) is 2.68. The standard InChI is InChI=1S/C21H21NO3/c1-2-25-18-8-4-7-17-15-5-3-6-16(15)19(22-20(17)18)13-9-11-14(12-10-13)21(23)24/h3-5,7-12,15-16,19,22H,2,6H2,1H3,(H,23,24)/p-1/t15-,16+,19+/m1/s1. The largest absolute Gasteiger partial charge is 0.545 e. The van der Waals surface area contributed by atoms with E-state index in [0.29, 0.717) is 18.4 Å². The first-order chi connectivity index (χ1) is 12.2. The zero-order valence-electron chi connectivity index (χ0n) is 14.1. The average Bonchev–Trinajstić information content (AvgIpc) is 3.12. The predicted octanol–water partition coefficient (Wildman–Crippen LogP) is 3.28. The SMILES string of the molecule is CCOc1cccc2c1N[C@@H](c1ccc(C(=O)[O-])cc1)[C@H]1CC=C[C@@H]21. The molecule has 0 unspecified atom stereocenters. The van der Waals surface area contributed by atoms with Gasteiger partial charge in [0.05, 0.1) is 24.3 Å². The molecular formula is C21H20NO3-. The summed E-state index contributed by atoms with van der Waals surface area (Å²) in [6, 6.07) is 13.3. The average molecular weight is 334 g/mol. The number of rotatable bonds is 4. The monoisotopic (exact) mass is 334 g/mol. The quantitative estimate of drug-likeness (QED) is 0.872. The number of hydrogen-bond acceptors (Lipinski definition) is 4. The van der Waals surface area contributed by atoms with Crippen LogP contribution in [0.25, 0.3) is 0 Å². The Labute approximate surface area is 147 Å². The van der Waals surface area contributed by atoms with Crippen molar-refractivity contribution in [1.82, 2.24) is 0 Å². The summed E-state index contributed by atoms with van der Waals surface area (Å²) in [5, 5.41) is 14.7. The molecule has 3 atom stereocenters. The molecule has 25 heavy (non-hydrogen) atoms. The molecule has 2 aromatic rings. The number of carboxylic acids is 1. The van der Waals surface area contributed by atoms with Crippen molar-refractivity contribution in [3.05, 3.63) is 71.3 Å². The van der Waals surface area contributed by atoms with Gasteiger partial charge in [0.25, 0.3) is 0 Å². The molecule has 0 bridgehead atoms. The van der Waals surface area contributed by atoms with Crippen molar-refractivity contribution in [3.8, 4) is 5.75 Å². The Hall–Kier alpha value is -2.75. The van der Waals surface area contributed by atoms with Crippen LogP contribution in [0.4, 0.5) is 5.69 Å². The number of nitrogens with one attached hydrogen (secondary N) is 1. The van der Waals surface area contributed by atoms with Crippen LogP contribution >= 0.6 is 0 Å². The summed E-state index contributed by atoms with van der Waals surface area (Å²) < 4.78 is 5.81. The van der Waals surface area contributed by atoms with Gasteiger partial charge in [0.1, 0.15) is 5.75 Å². The number of carbonyl (C=O) groups is 1. The zero-order chi connectivity index (χ0) is 17.4. The number of benzene rings is 2. The van der Waals surface area contributed by atoms with Crippen LogP contribution in [0.2, 0.25) is 0 Å². The minimum Gasteiger partial charge on any atom is -0.545 e. The highest BCUT2D eigenvalue weighted by Gasteiger charge is 2.38. The molecule has 0 saturated carbocycles. The van der Waals surface area contributed by atoms with Gasteiger partial charge < -0.3 is 20.0 Å². The Morgan fingerprint density at radius 2 is 2.04 bits per heavy atom. The maximum atomic E-state index is 11.0. The van der Waals surface area contributed by atoms with E-state index in [9.17, 15) is 9.90 Å². The van der Waals surface area contributed by atoms with Crippen LogP contribution in [0.15, 0.2) is 54.6 Å². The van der Waals surface area contributed by atoms with E-state index >= 15 is 0 Å². The van der Waals surface area contributed by atoms with Gasteiger partial charge in [-0.05, 0) is 42.0 Å². The summed E-state index contributed by atoms with van der Waals surface area (Å²) in [6.07, 6.45) is 5.52. The van der Waals surface area contributed by atoms with Crippen molar-refractivity contribution in [3.63, 3.8) is 0 Å². The minimum atomic E-state index is -1.15. The fourth-order valence-corrected chi connectivity index (χ4v) is 4.03. The number of ether oxygens (including phenoxy) is 1. The molecule has 4 rings (SSSR count). The van der Waals surface area contributed by atoms with Crippen LogP contribution in [-0.2, 0) is 0 Å². The van der Waals surface area contributed by atoms with E-state index in [0.717, 1.165) is 23.4 Å². The Morgan fingerprint density at radius 3 is 2.76 bits per heavy atom. The summed E-state index contributed by atoms with van der Waals surface area (Å²) in [6.45, 7) is 2.60. The van der Waals surface area contributed by atoms with Gasteiger partial charge in [-0.25, -0.2) is 0 Å². The van der Waals surface area contributed by atoms with Gasteiger partial charge in [-0.15, -0.1) is 0 Å². The molecule has 1 aliphatic carbocycles. The summed E-state index contributed by atoms with van der Waals surface area (Å²) in [5.74, 6) is 0.489. The van der Waals surface area contributed by atoms with Crippen LogP contribution in [-0.4, -0.2) is 12.6 Å². The van der Waals surface area contributed by atoms with Crippen molar-refractivity contribution in [2.75, 3.05) is 11.9 Å². The number of anilines is 1. The topological polar surface area (TPSA) is 61.4 Å². The molecule has 0 spiro atoms. The second kappa shape index (κ2) is 6.28. The Morgan fingerprint density at radius 1 is 1.24 bits per heavy atom. The second-order valence-electron chi connectivity index (χ2n) is 6.54. The van der Waals surface area contributed by atoms with Crippen LogP contribution in [0.1, 0.15) is 46.8 Å². The lowest BCUT2D eigenvalue weighted by Crippen LogP contribution is -2.29. The van der Waals surface area contributed by atoms with E-state index < -0.39 is 5.97 Å². The van der Waals surface area contributed by atoms with Crippen molar-refractivity contribution in [2.24, 2.45) is 5.92 Å². The highest BCUT2D eigenvalue weighted by Crippen LogP contribution is 2.52. The molecule has 0 saturated heterocycles. The lowest BCUT2D eigenvalue weighted by molar-refractivity contribution is -0.255. The molecule has 1 aliphatic heterocycles. The van der Waals surface area contributed by atoms with E-state index in [1.165, 1.54) is 5.56 Å². The van der Waals surface area contributed by atoms with Gasteiger partial charge in [-0.3, -0.25) is 0 Å². The maximum Gasteiger partial charge on any atom is 0.142 e. The molecule has 4 heteroatoms. The number of fused-ring (bicyclic) bond motifs is 3. The molecule has 2 aliphatic rings. The van der Waals surface area contributed by atoms with E-state index in [2.05, 4.69) is 23.5 Å². The van der Waals surface area contributed by atoms with E-state index in [1.807, 2.05) is 31.2 Å². The lowest BCUT2D eigenvalue weighted by atomic mass is 9.77. The minimum absolute atomic E-state index is 0.116. The van der Waals surface area contributed by atoms with Crippen LogP contribution in [0.3, 0.4) is 0 Å². The molecule has 1 N–H and O–H groups in total. The number of hydrogen-bond donors (Lipinski definition) is 1. The molecule has 1 heterocycles. The van der Waals surface area contributed by atoms with Crippen molar-refractivity contribution in [2.45, 2.75) is 25.3 Å². The Kier molecular flexibility index (Phi) is 3.96. The van der Waals surface area contributed by atoms with Crippen LogP contribution in [0, 0.1) is 5.92 Å². The predicted molar refractivity (Wildman–Crippen MR) is 94.7 cm³/mol. The first-order valence-electron chi connectivity index (χ1n) is 8.69. The molecule has 0 aromatic heterocycles. The maximum absolute atomic E-state index is 11.0. The smallest absolute Gasteiger partial charge is 0.142 e. The van der Waals surface area contributed by atoms with Gasteiger partial charge in [0.2, 0.25) is 0 Å². The van der Waals surface area contributed by atoms with Crippen molar-refractivity contribution >= 4 is 11.7 Å². The first kappa shape index (κ1) is 15.8. The number of carbonyl (C=O) groups excluding carboxylic acids is 1.